The standard InChI is InChI=1S/C25H28N2O5/c1-4-12-27-22-10-7-18(26-23(29)17-5-8-19(31-3)9-6-17)15-21(22)25(24(27)30)16(2)14-20(32-25)11-13-28/h4-10,15-16,20,28H,1,11-14H2,2-3H3,(H,26,29)/t16-,20+,25+/m0/s1. The van der Waals surface area contributed by atoms with Gasteiger partial charge in [0, 0.05) is 35.9 Å². The lowest BCUT2D eigenvalue weighted by Crippen LogP contribution is -2.44. The van der Waals surface area contributed by atoms with E-state index in [1.165, 1.54) is 0 Å². The van der Waals surface area contributed by atoms with E-state index >= 15 is 0 Å². The predicted molar refractivity (Wildman–Crippen MR) is 122 cm³/mol. The predicted octanol–water partition coefficient (Wildman–Crippen LogP) is 3.48. The first-order valence-electron chi connectivity index (χ1n) is 10.8. The summed E-state index contributed by atoms with van der Waals surface area (Å²) in [5, 5.41) is 12.3. The molecule has 1 fully saturated rings. The maximum absolute atomic E-state index is 13.5. The van der Waals surface area contributed by atoms with Gasteiger partial charge in [0.1, 0.15) is 5.75 Å². The summed E-state index contributed by atoms with van der Waals surface area (Å²) in [5.74, 6) is 0.214. The molecule has 2 aliphatic heterocycles. The Morgan fingerprint density at radius 2 is 2.09 bits per heavy atom. The Morgan fingerprint density at radius 3 is 2.75 bits per heavy atom. The lowest BCUT2D eigenvalue weighted by molar-refractivity contribution is -0.146. The van der Waals surface area contributed by atoms with E-state index in [1.54, 1.807) is 48.4 Å². The zero-order valence-corrected chi connectivity index (χ0v) is 18.3. The van der Waals surface area contributed by atoms with Crippen LogP contribution < -0.4 is 15.0 Å². The number of rotatable bonds is 7. The summed E-state index contributed by atoms with van der Waals surface area (Å²) in [6, 6.07) is 12.3. The van der Waals surface area contributed by atoms with Crippen LogP contribution in [0, 0.1) is 5.92 Å². The molecule has 0 aliphatic carbocycles. The molecule has 4 rings (SSSR count). The van der Waals surface area contributed by atoms with Crippen molar-refractivity contribution in [2.75, 3.05) is 30.5 Å². The molecule has 2 aliphatic rings. The molecule has 1 saturated heterocycles. The van der Waals surface area contributed by atoms with Crippen molar-refractivity contribution in [2.45, 2.75) is 31.5 Å². The summed E-state index contributed by atoms with van der Waals surface area (Å²) in [5.41, 5.74) is 1.45. The lowest BCUT2D eigenvalue weighted by atomic mass is 9.83. The van der Waals surface area contributed by atoms with Crippen LogP contribution in [0.15, 0.2) is 55.1 Å². The average Bonchev–Trinajstić information content (AvgIpc) is 3.24. The lowest BCUT2D eigenvalue weighted by Gasteiger charge is -2.28. The van der Waals surface area contributed by atoms with Crippen molar-refractivity contribution >= 4 is 23.2 Å². The number of carbonyl (C=O) groups is 2. The van der Waals surface area contributed by atoms with Gasteiger partial charge in [0.05, 0.1) is 18.9 Å². The number of benzene rings is 2. The Hall–Kier alpha value is -3.16. The molecule has 0 bridgehead atoms. The molecule has 168 valence electrons. The Bertz CT molecular complexity index is 1040. The van der Waals surface area contributed by atoms with Crippen LogP contribution in [0.25, 0.3) is 0 Å². The van der Waals surface area contributed by atoms with Gasteiger partial charge >= 0.3 is 0 Å². The van der Waals surface area contributed by atoms with Crippen LogP contribution in [-0.2, 0) is 15.1 Å². The fourth-order valence-electron chi connectivity index (χ4n) is 4.73. The minimum atomic E-state index is -1.13. The maximum Gasteiger partial charge on any atom is 0.264 e. The molecular formula is C25H28N2O5. The highest BCUT2D eigenvalue weighted by atomic mass is 16.5. The molecule has 0 aromatic heterocycles. The number of aliphatic hydroxyl groups excluding tert-OH is 1. The molecular weight excluding hydrogens is 408 g/mol. The van der Waals surface area contributed by atoms with E-state index in [-0.39, 0.29) is 30.4 Å². The highest BCUT2D eigenvalue weighted by Crippen LogP contribution is 2.54. The van der Waals surface area contributed by atoms with Crippen LogP contribution in [-0.4, -0.2) is 43.3 Å². The van der Waals surface area contributed by atoms with Gasteiger partial charge in [0.2, 0.25) is 0 Å². The van der Waals surface area contributed by atoms with Crippen molar-refractivity contribution in [3.63, 3.8) is 0 Å². The maximum atomic E-state index is 13.5. The normalized spacial score (nSPS) is 24.0. The van der Waals surface area contributed by atoms with Crippen molar-refractivity contribution in [1.29, 1.82) is 0 Å². The zero-order chi connectivity index (χ0) is 22.9. The largest absolute Gasteiger partial charge is 0.497 e. The molecule has 2 N–H and O–H groups in total. The third-order valence-electron chi connectivity index (χ3n) is 6.29. The highest BCUT2D eigenvalue weighted by molar-refractivity contribution is 6.09. The molecule has 0 saturated carbocycles. The summed E-state index contributed by atoms with van der Waals surface area (Å²) in [4.78, 5) is 28.0. The van der Waals surface area contributed by atoms with E-state index in [0.717, 1.165) is 11.3 Å². The summed E-state index contributed by atoms with van der Waals surface area (Å²) in [6.07, 6.45) is 2.64. The number of nitrogens with zero attached hydrogens (tertiary/aromatic N) is 1. The molecule has 0 unspecified atom stereocenters. The minimum Gasteiger partial charge on any atom is -0.497 e. The number of hydrogen-bond acceptors (Lipinski definition) is 5. The number of amides is 2. The zero-order valence-electron chi connectivity index (χ0n) is 18.3. The molecule has 2 heterocycles. The first-order valence-corrected chi connectivity index (χ1v) is 10.8. The highest BCUT2D eigenvalue weighted by Gasteiger charge is 2.59. The van der Waals surface area contributed by atoms with E-state index in [4.69, 9.17) is 9.47 Å². The quantitative estimate of drug-likeness (QED) is 0.649. The van der Waals surface area contributed by atoms with Gasteiger partial charge in [-0.05, 0) is 55.3 Å². The van der Waals surface area contributed by atoms with Gasteiger partial charge in [-0.1, -0.05) is 13.0 Å². The minimum absolute atomic E-state index is 0.00282. The first kappa shape index (κ1) is 22.0. The van der Waals surface area contributed by atoms with Crippen molar-refractivity contribution in [3.05, 3.63) is 66.2 Å². The molecule has 7 nitrogen and oxygen atoms in total. The van der Waals surface area contributed by atoms with Gasteiger partial charge < -0.3 is 24.8 Å². The van der Waals surface area contributed by atoms with Crippen LogP contribution in [0.4, 0.5) is 11.4 Å². The molecule has 2 amide bonds. The number of methoxy groups -OCH3 is 1. The second-order valence-corrected chi connectivity index (χ2v) is 8.24. The number of fused-ring (bicyclic) bond motifs is 2. The molecule has 2 aromatic carbocycles. The van der Waals surface area contributed by atoms with E-state index < -0.39 is 5.60 Å². The Kier molecular flexibility index (Phi) is 6.04. The van der Waals surface area contributed by atoms with Crippen LogP contribution >= 0.6 is 0 Å². The van der Waals surface area contributed by atoms with Crippen LogP contribution in [0.2, 0.25) is 0 Å². The van der Waals surface area contributed by atoms with Crippen LogP contribution in [0.1, 0.15) is 35.7 Å². The molecule has 0 radical (unpaired) electrons. The number of carbonyl (C=O) groups excluding carboxylic acids is 2. The van der Waals surface area contributed by atoms with Crippen molar-refractivity contribution in [1.82, 2.24) is 0 Å². The van der Waals surface area contributed by atoms with Gasteiger partial charge in [-0.3, -0.25) is 9.59 Å². The second-order valence-electron chi connectivity index (χ2n) is 8.24. The van der Waals surface area contributed by atoms with Crippen molar-refractivity contribution in [2.24, 2.45) is 5.92 Å². The smallest absolute Gasteiger partial charge is 0.264 e. The number of nitrogens with one attached hydrogen (secondary N) is 1. The van der Waals surface area contributed by atoms with Gasteiger partial charge in [-0.15, -0.1) is 6.58 Å². The van der Waals surface area contributed by atoms with Gasteiger partial charge in [0.15, 0.2) is 5.60 Å². The number of ether oxygens (including phenoxy) is 2. The molecule has 1 spiro atoms. The van der Waals surface area contributed by atoms with Gasteiger partial charge in [0.25, 0.3) is 11.8 Å². The molecule has 7 heteroatoms. The van der Waals surface area contributed by atoms with Crippen LogP contribution in [0.5, 0.6) is 5.75 Å². The van der Waals surface area contributed by atoms with E-state index in [9.17, 15) is 14.7 Å². The summed E-state index contributed by atoms with van der Waals surface area (Å²) >= 11 is 0. The molecule has 32 heavy (non-hydrogen) atoms. The van der Waals surface area contributed by atoms with Crippen molar-refractivity contribution in [3.8, 4) is 5.75 Å². The van der Waals surface area contributed by atoms with Gasteiger partial charge in [-0.2, -0.15) is 0 Å². The van der Waals surface area contributed by atoms with E-state index in [1.807, 2.05) is 19.1 Å². The summed E-state index contributed by atoms with van der Waals surface area (Å²) in [7, 11) is 1.57. The van der Waals surface area contributed by atoms with Crippen LogP contribution in [0.3, 0.4) is 0 Å². The third-order valence-corrected chi connectivity index (χ3v) is 6.29. The fourth-order valence-corrected chi connectivity index (χ4v) is 4.73. The Morgan fingerprint density at radius 1 is 1.34 bits per heavy atom. The topological polar surface area (TPSA) is 88.1 Å². The second kappa shape index (κ2) is 8.76. The molecule has 2 aromatic rings. The number of anilines is 2. The summed E-state index contributed by atoms with van der Waals surface area (Å²) < 4.78 is 11.5. The number of hydrogen-bond donors (Lipinski definition) is 2. The monoisotopic (exact) mass is 436 g/mol. The summed E-state index contributed by atoms with van der Waals surface area (Å²) in [6.45, 7) is 6.15. The van der Waals surface area contributed by atoms with E-state index in [2.05, 4.69) is 11.9 Å². The number of aliphatic hydroxyl groups is 1. The first-order chi connectivity index (χ1) is 15.4. The average molecular weight is 437 g/mol. The molecule has 3 atom stereocenters. The third kappa shape index (κ3) is 3.57. The SMILES string of the molecule is C=CCN1C(=O)[C@]2(O[C@H](CCO)C[C@@H]2C)c2cc(NC(=O)c3ccc(OC)cc3)ccc21. The van der Waals surface area contributed by atoms with Crippen molar-refractivity contribution < 1.29 is 24.2 Å². The fraction of sp³-hybridized carbons (Fsp3) is 0.360. The Balaban J connectivity index is 1.68. The van der Waals surface area contributed by atoms with Gasteiger partial charge in [-0.25, -0.2) is 0 Å². The van der Waals surface area contributed by atoms with E-state index in [0.29, 0.717) is 36.4 Å². The Labute approximate surface area is 187 Å².